The number of nitro groups is 1. The van der Waals surface area contributed by atoms with Gasteiger partial charge in [-0.05, 0) is 28.7 Å². The van der Waals surface area contributed by atoms with Crippen LogP contribution in [0.2, 0.25) is 0 Å². The average molecular weight is 394 g/mol. The van der Waals surface area contributed by atoms with Crippen molar-refractivity contribution in [3.63, 3.8) is 0 Å². The lowest BCUT2D eigenvalue weighted by Gasteiger charge is -2.10. The van der Waals surface area contributed by atoms with Crippen molar-refractivity contribution >= 4 is 40.2 Å². The minimum atomic E-state index is -1.49. The highest BCUT2D eigenvalue weighted by Gasteiger charge is 2.19. The van der Waals surface area contributed by atoms with Gasteiger partial charge in [-0.1, -0.05) is 0 Å². The van der Waals surface area contributed by atoms with Crippen LogP contribution in [0.15, 0.2) is 18.2 Å². The summed E-state index contributed by atoms with van der Waals surface area (Å²) >= 11 is 1.86. The van der Waals surface area contributed by atoms with Crippen molar-refractivity contribution in [1.82, 2.24) is 5.32 Å². The Hall–Kier alpha value is -1.75. The predicted octanol–water partition coefficient (Wildman–Crippen LogP) is 0.463. The second kappa shape index (κ2) is 7.14. The molecule has 2 N–H and O–H groups in total. The molecule has 0 heterocycles. The minimum absolute atomic E-state index is 0.0943. The van der Waals surface area contributed by atoms with E-state index >= 15 is 0 Å². The Kier molecular flexibility index (Phi) is 5.82. The molecule has 0 saturated carbocycles. The number of halogens is 1. The highest BCUT2D eigenvalue weighted by molar-refractivity contribution is 14.1. The van der Waals surface area contributed by atoms with E-state index in [0.29, 0.717) is 3.57 Å². The lowest BCUT2D eigenvalue weighted by atomic mass is 10.2. The van der Waals surface area contributed by atoms with Crippen LogP contribution < -0.4 is 5.32 Å². The highest BCUT2D eigenvalue weighted by atomic mass is 127. The number of nitro benzene ring substituents is 1. The lowest BCUT2D eigenvalue weighted by molar-refractivity contribution is -0.384. The maximum atomic E-state index is 11.9. The Morgan fingerprint density at radius 3 is 2.75 bits per heavy atom. The number of esters is 1. The van der Waals surface area contributed by atoms with Crippen molar-refractivity contribution in [2.24, 2.45) is 0 Å². The van der Waals surface area contributed by atoms with Gasteiger partial charge in [0, 0.05) is 15.7 Å². The highest BCUT2D eigenvalue weighted by Crippen LogP contribution is 2.19. The number of ether oxygens (including phenoxy) is 1. The molecule has 1 atom stereocenters. The van der Waals surface area contributed by atoms with Crippen molar-refractivity contribution in [2.75, 3.05) is 13.7 Å². The molecule has 0 saturated heterocycles. The summed E-state index contributed by atoms with van der Waals surface area (Å²) in [6, 6.07) is 3.84. The molecular formula is C11H11IN2O6. The Morgan fingerprint density at radius 2 is 2.20 bits per heavy atom. The molecule has 0 aliphatic rings. The summed E-state index contributed by atoms with van der Waals surface area (Å²) in [5.41, 5.74) is -0.124. The SMILES string of the molecule is COC(=O)C(O)CNC(=O)c1cc([N+](=O)[O-])ccc1I. The van der Waals surface area contributed by atoms with Gasteiger partial charge < -0.3 is 15.2 Å². The van der Waals surface area contributed by atoms with Gasteiger partial charge in [-0.3, -0.25) is 14.9 Å². The summed E-state index contributed by atoms with van der Waals surface area (Å²) in [4.78, 5) is 32.8. The molecule has 1 aromatic rings. The number of benzene rings is 1. The van der Waals surface area contributed by atoms with Crippen molar-refractivity contribution in [1.29, 1.82) is 0 Å². The zero-order valence-corrected chi connectivity index (χ0v) is 12.5. The monoisotopic (exact) mass is 394 g/mol. The molecular weight excluding hydrogens is 383 g/mol. The molecule has 0 fully saturated rings. The summed E-state index contributed by atoms with van der Waals surface area (Å²) in [6.45, 7) is -0.343. The zero-order valence-electron chi connectivity index (χ0n) is 10.3. The number of hydrogen-bond acceptors (Lipinski definition) is 6. The fraction of sp³-hybridized carbons (Fsp3) is 0.273. The number of nitrogens with zero attached hydrogens (tertiary/aromatic N) is 1. The van der Waals surface area contributed by atoms with Crippen LogP contribution in [-0.2, 0) is 9.53 Å². The summed E-state index contributed by atoms with van der Waals surface area (Å²) in [5.74, 6) is -1.50. The fourth-order valence-corrected chi connectivity index (χ4v) is 1.89. The number of aliphatic hydroxyl groups excluding tert-OH is 1. The summed E-state index contributed by atoms with van der Waals surface area (Å²) in [6.07, 6.45) is -1.49. The number of carbonyl (C=O) groups is 2. The van der Waals surface area contributed by atoms with E-state index in [4.69, 9.17) is 0 Å². The smallest absolute Gasteiger partial charge is 0.336 e. The van der Waals surface area contributed by atoms with E-state index in [0.717, 1.165) is 13.2 Å². The van der Waals surface area contributed by atoms with E-state index < -0.39 is 22.9 Å². The molecule has 20 heavy (non-hydrogen) atoms. The topological polar surface area (TPSA) is 119 Å². The van der Waals surface area contributed by atoms with Crippen molar-refractivity contribution in [2.45, 2.75) is 6.10 Å². The van der Waals surface area contributed by atoms with Gasteiger partial charge in [0.25, 0.3) is 11.6 Å². The Labute approximate surface area is 127 Å². The number of methoxy groups -OCH3 is 1. The number of carbonyl (C=O) groups excluding carboxylic acids is 2. The van der Waals surface area contributed by atoms with Crippen LogP contribution in [0.3, 0.4) is 0 Å². The number of amides is 1. The van der Waals surface area contributed by atoms with Crippen molar-refractivity contribution < 1.29 is 24.4 Å². The first-order valence-electron chi connectivity index (χ1n) is 5.35. The fourth-order valence-electron chi connectivity index (χ4n) is 1.30. The zero-order chi connectivity index (χ0) is 15.3. The number of non-ortho nitro benzene ring substituents is 1. The number of hydrogen-bond donors (Lipinski definition) is 2. The molecule has 108 valence electrons. The van der Waals surface area contributed by atoms with Gasteiger partial charge in [0.05, 0.1) is 24.1 Å². The molecule has 0 aliphatic carbocycles. The lowest BCUT2D eigenvalue weighted by Crippen LogP contribution is -2.37. The van der Waals surface area contributed by atoms with E-state index in [9.17, 15) is 24.8 Å². The molecule has 1 amide bonds. The minimum Gasteiger partial charge on any atom is -0.467 e. The molecule has 0 aromatic heterocycles. The largest absolute Gasteiger partial charge is 0.467 e. The third kappa shape index (κ3) is 4.13. The molecule has 0 aliphatic heterocycles. The maximum Gasteiger partial charge on any atom is 0.336 e. The summed E-state index contributed by atoms with van der Waals surface area (Å²) in [5, 5.41) is 22.3. The Balaban J connectivity index is 2.80. The van der Waals surface area contributed by atoms with Gasteiger partial charge in [-0.15, -0.1) is 0 Å². The quantitative estimate of drug-likeness (QED) is 0.324. The Bertz CT molecular complexity index is 548. The van der Waals surface area contributed by atoms with Crippen LogP contribution in [-0.4, -0.2) is 41.7 Å². The van der Waals surface area contributed by atoms with Crippen LogP contribution in [0.1, 0.15) is 10.4 Å². The van der Waals surface area contributed by atoms with E-state index in [1.54, 1.807) is 0 Å². The molecule has 0 radical (unpaired) electrons. The van der Waals surface area contributed by atoms with E-state index in [2.05, 4.69) is 10.1 Å². The van der Waals surface area contributed by atoms with E-state index in [1.165, 1.54) is 12.1 Å². The maximum absolute atomic E-state index is 11.9. The second-order valence-corrected chi connectivity index (χ2v) is 4.83. The van der Waals surface area contributed by atoms with Gasteiger partial charge in [0.1, 0.15) is 0 Å². The van der Waals surface area contributed by atoms with Gasteiger partial charge in [-0.2, -0.15) is 0 Å². The molecule has 8 nitrogen and oxygen atoms in total. The van der Waals surface area contributed by atoms with Crippen LogP contribution in [0, 0.1) is 13.7 Å². The average Bonchev–Trinajstić information content (AvgIpc) is 2.43. The second-order valence-electron chi connectivity index (χ2n) is 3.67. The summed E-state index contributed by atoms with van der Waals surface area (Å²) in [7, 11) is 1.11. The third-order valence-electron chi connectivity index (χ3n) is 2.33. The first-order valence-corrected chi connectivity index (χ1v) is 6.42. The normalized spacial score (nSPS) is 11.6. The van der Waals surface area contributed by atoms with Crippen LogP contribution in [0.4, 0.5) is 5.69 Å². The molecule has 9 heteroatoms. The predicted molar refractivity (Wildman–Crippen MR) is 76.2 cm³/mol. The Morgan fingerprint density at radius 1 is 1.55 bits per heavy atom. The van der Waals surface area contributed by atoms with Gasteiger partial charge in [-0.25, -0.2) is 4.79 Å². The number of nitrogens with one attached hydrogen (secondary N) is 1. The van der Waals surface area contributed by atoms with Crippen molar-refractivity contribution in [3.8, 4) is 0 Å². The first kappa shape index (κ1) is 16.3. The molecule has 1 unspecified atom stereocenters. The van der Waals surface area contributed by atoms with Crippen molar-refractivity contribution in [3.05, 3.63) is 37.4 Å². The van der Waals surface area contributed by atoms with Gasteiger partial charge in [0.2, 0.25) is 0 Å². The van der Waals surface area contributed by atoms with Crippen LogP contribution >= 0.6 is 22.6 Å². The molecule has 0 spiro atoms. The third-order valence-corrected chi connectivity index (χ3v) is 3.28. The van der Waals surface area contributed by atoms with E-state index in [-0.39, 0.29) is 17.8 Å². The molecule has 1 aromatic carbocycles. The van der Waals surface area contributed by atoms with Crippen LogP contribution in [0.25, 0.3) is 0 Å². The van der Waals surface area contributed by atoms with Gasteiger partial charge >= 0.3 is 5.97 Å². The van der Waals surface area contributed by atoms with Crippen LogP contribution in [0.5, 0.6) is 0 Å². The standard InChI is InChI=1S/C11H11IN2O6/c1-20-11(17)9(15)5-13-10(16)7-4-6(14(18)19)2-3-8(7)12/h2-4,9,15H,5H2,1H3,(H,13,16). The first-order chi connectivity index (χ1) is 9.36. The number of aliphatic hydroxyl groups is 1. The molecule has 1 rings (SSSR count). The number of rotatable bonds is 5. The van der Waals surface area contributed by atoms with E-state index in [1.807, 2.05) is 22.6 Å². The molecule has 0 bridgehead atoms. The summed E-state index contributed by atoms with van der Waals surface area (Å²) < 4.78 is 4.81. The van der Waals surface area contributed by atoms with Gasteiger partial charge in [0.15, 0.2) is 6.10 Å².